The molecule has 168 valence electrons. The van der Waals surface area contributed by atoms with Gasteiger partial charge in [-0.25, -0.2) is 19.8 Å². The van der Waals surface area contributed by atoms with Gasteiger partial charge in [-0.15, -0.1) is 10.2 Å². The van der Waals surface area contributed by atoms with E-state index in [0.717, 1.165) is 0 Å². The Morgan fingerprint density at radius 2 is 1.77 bits per heavy atom. The van der Waals surface area contributed by atoms with Gasteiger partial charge in [-0.2, -0.15) is 9.78 Å². The molecule has 11 nitrogen and oxygen atoms in total. The molecule has 0 saturated carbocycles. The number of pyridine rings is 1. The van der Waals surface area contributed by atoms with Gasteiger partial charge in [0.05, 0.1) is 18.3 Å². The lowest BCUT2D eigenvalue weighted by Gasteiger charge is -2.11. The van der Waals surface area contributed by atoms with E-state index in [2.05, 4.69) is 40.4 Å². The molecule has 0 atom stereocenters. The van der Waals surface area contributed by atoms with Crippen LogP contribution in [0.3, 0.4) is 0 Å². The number of nitrogens with one attached hydrogen (secondary N) is 1. The predicted octanol–water partition coefficient (Wildman–Crippen LogP) is 5.13. The second-order valence-corrected chi connectivity index (χ2v) is 7.14. The Bertz CT molecular complexity index is 1610. The van der Waals surface area contributed by atoms with E-state index in [1.54, 1.807) is 60.8 Å². The molecule has 35 heavy (non-hydrogen) atoms. The third kappa shape index (κ3) is 4.14. The molecule has 0 aliphatic carbocycles. The van der Waals surface area contributed by atoms with Gasteiger partial charge >= 0.3 is 0 Å². The van der Waals surface area contributed by atoms with Crippen LogP contribution in [-0.4, -0.2) is 35.7 Å². The number of nitrogens with zero attached hydrogens (tertiary/aromatic N) is 8. The summed E-state index contributed by atoms with van der Waals surface area (Å²) in [6.45, 7) is 7.43. The van der Waals surface area contributed by atoms with Crippen LogP contribution >= 0.6 is 0 Å². The Balaban J connectivity index is 1.61. The van der Waals surface area contributed by atoms with Crippen LogP contribution in [0, 0.1) is 6.57 Å². The lowest BCUT2D eigenvalue weighted by molar-refractivity contribution is 0.102. The molecule has 0 radical (unpaired) electrons. The average Bonchev–Trinajstić information content (AvgIpc) is 3.32. The van der Waals surface area contributed by atoms with E-state index < -0.39 is 5.91 Å². The van der Waals surface area contributed by atoms with Crippen LogP contribution in [0.25, 0.3) is 21.6 Å². The zero-order valence-electron chi connectivity index (χ0n) is 17.9. The molecule has 0 aliphatic rings. The lowest BCUT2D eigenvalue weighted by atomic mass is 10.0. The fraction of sp³-hybridized carbons (Fsp3) is 0. The number of hydrogen-bond donors (Lipinski definition) is 2. The Morgan fingerprint density at radius 3 is 2.54 bits per heavy atom. The first-order valence-electron chi connectivity index (χ1n) is 10.3. The van der Waals surface area contributed by atoms with Crippen LogP contribution < -0.4 is 5.32 Å². The number of azo groups is 1. The fourth-order valence-corrected chi connectivity index (χ4v) is 3.36. The number of aromatic nitrogens is 5. The molecule has 5 rings (SSSR count). The number of rotatable bonds is 5. The van der Waals surface area contributed by atoms with Crippen LogP contribution in [0.15, 0.2) is 89.6 Å². The Morgan fingerprint density at radius 1 is 1.00 bits per heavy atom. The van der Waals surface area contributed by atoms with Crippen molar-refractivity contribution in [2.45, 2.75) is 0 Å². The summed E-state index contributed by atoms with van der Waals surface area (Å²) >= 11 is 0. The highest BCUT2D eigenvalue weighted by Gasteiger charge is 2.20. The van der Waals surface area contributed by atoms with Gasteiger partial charge in [-0.05, 0) is 29.7 Å². The Labute approximate surface area is 198 Å². The van der Waals surface area contributed by atoms with Crippen LogP contribution in [0.2, 0.25) is 0 Å². The molecule has 2 aromatic carbocycles. The molecule has 5 aromatic rings. The molecule has 0 aliphatic heterocycles. The fourth-order valence-electron chi connectivity index (χ4n) is 3.36. The van der Waals surface area contributed by atoms with Crippen LogP contribution in [0.1, 0.15) is 10.4 Å². The van der Waals surface area contributed by atoms with E-state index in [9.17, 15) is 9.90 Å². The number of carbonyl (C=O) groups excluding carboxylic acids is 1. The van der Waals surface area contributed by atoms with Crippen LogP contribution in [0.4, 0.5) is 23.0 Å². The third-order valence-corrected chi connectivity index (χ3v) is 4.98. The first kappa shape index (κ1) is 21.4. The quantitative estimate of drug-likeness (QED) is 0.275. The van der Waals surface area contributed by atoms with Crippen molar-refractivity contribution in [3.05, 3.63) is 96.4 Å². The van der Waals surface area contributed by atoms with Crippen molar-refractivity contribution in [1.82, 2.24) is 24.7 Å². The van der Waals surface area contributed by atoms with E-state index in [4.69, 9.17) is 6.57 Å². The number of phenols is 1. The summed E-state index contributed by atoms with van der Waals surface area (Å²) in [5.41, 5.74) is 0.176. The molecule has 0 unspecified atom stereocenters. The van der Waals surface area contributed by atoms with E-state index in [1.807, 2.05) is 0 Å². The minimum absolute atomic E-state index is 0.00592. The average molecular weight is 461 g/mol. The Hall–Kier alpha value is -5.50. The molecule has 3 aromatic heterocycles. The highest BCUT2D eigenvalue weighted by atomic mass is 16.3. The van der Waals surface area contributed by atoms with Gasteiger partial charge in [0.25, 0.3) is 17.5 Å². The predicted molar refractivity (Wildman–Crippen MR) is 127 cm³/mol. The van der Waals surface area contributed by atoms with Gasteiger partial charge < -0.3 is 10.4 Å². The van der Waals surface area contributed by atoms with Crippen molar-refractivity contribution >= 4 is 39.7 Å². The van der Waals surface area contributed by atoms with Crippen LogP contribution in [0.5, 0.6) is 5.75 Å². The monoisotopic (exact) mass is 461 g/mol. The summed E-state index contributed by atoms with van der Waals surface area (Å²) in [7, 11) is 0. The van der Waals surface area contributed by atoms with E-state index >= 15 is 0 Å². The number of aromatic hydroxyl groups is 1. The summed E-state index contributed by atoms with van der Waals surface area (Å²) in [5, 5.41) is 27.5. The van der Waals surface area contributed by atoms with Gasteiger partial charge in [-0.3, -0.25) is 4.79 Å². The van der Waals surface area contributed by atoms with Gasteiger partial charge in [0.1, 0.15) is 11.5 Å². The van der Waals surface area contributed by atoms with Crippen molar-refractivity contribution in [1.29, 1.82) is 0 Å². The van der Waals surface area contributed by atoms with E-state index in [-0.39, 0.29) is 34.5 Å². The maximum absolute atomic E-state index is 12.9. The van der Waals surface area contributed by atoms with Crippen molar-refractivity contribution < 1.29 is 9.90 Å². The second kappa shape index (κ2) is 9.16. The van der Waals surface area contributed by atoms with E-state index in [0.29, 0.717) is 16.6 Å². The molecule has 0 spiro atoms. The van der Waals surface area contributed by atoms with Crippen molar-refractivity contribution in [2.24, 2.45) is 10.2 Å². The van der Waals surface area contributed by atoms with Gasteiger partial charge in [-0.1, -0.05) is 30.3 Å². The van der Waals surface area contributed by atoms with Gasteiger partial charge in [0.15, 0.2) is 11.6 Å². The number of amides is 1. The first-order chi connectivity index (χ1) is 17.2. The summed E-state index contributed by atoms with van der Waals surface area (Å²) in [5.74, 6) is -0.311. The SMILES string of the molecule is [C-]#[N+]c1cnn(-c2ncccn2)c1/N=N/c1c(O)c(C(=O)Nc2ccccn2)cc2ccccc12. The largest absolute Gasteiger partial charge is 0.505 e. The first-order valence-corrected chi connectivity index (χ1v) is 10.3. The lowest BCUT2D eigenvalue weighted by Crippen LogP contribution is -2.13. The van der Waals surface area contributed by atoms with Crippen molar-refractivity contribution in [3.8, 4) is 11.7 Å². The maximum atomic E-state index is 12.9. The number of fused-ring (bicyclic) bond motifs is 1. The number of benzene rings is 2. The molecular formula is C24H15N9O2. The molecule has 2 N–H and O–H groups in total. The third-order valence-electron chi connectivity index (χ3n) is 4.98. The second-order valence-electron chi connectivity index (χ2n) is 7.14. The van der Waals surface area contributed by atoms with E-state index in [1.165, 1.54) is 23.3 Å². The molecule has 11 heteroatoms. The number of carbonyl (C=O) groups is 1. The number of phenolic OH excluding ortho intramolecular Hbond substituents is 1. The standard InChI is InChI=1S/C24H15N9O2/c1-25-18-14-29-33(24-27-11-6-12-28-24)22(18)32-31-20-16-8-3-2-7-15(16)13-17(21(20)34)23(35)30-19-9-4-5-10-26-19/h2-14,34H,(H,26,30,35)/b32-31+. The molecule has 0 bridgehead atoms. The minimum Gasteiger partial charge on any atom is -0.505 e. The molecule has 3 heterocycles. The molecular weight excluding hydrogens is 446 g/mol. The maximum Gasteiger partial charge on any atom is 0.260 e. The van der Waals surface area contributed by atoms with Gasteiger partial charge in [0, 0.05) is 24.0 Å². The summed E-state index contributed by atoms with van der Waals surface area (Å²) in [4.78, 5) is 28.7. The topological polar surface area (TPSA) is 135 Å². The zero-order valence-corrected chi connectivity index (χ0v) is 17.9. The summed E-state index contributed by atoms with van der Waals surface area (Å²) in [6.07, 6.45) is 5.94. The normalized spacial score (nSPS) is 10.9. The minimum atomic E-state index is -0.562. The number of hydrogen-bond acceptors (Lipinski definition) is 8. The molecule has 0 saturated heterocycles. The van der Waals surface area contributed by atoms with Crippen LogP contribution in [-0.2, 0) is 0 Å². The zero-order chi connectivity index (χ0) is 24.2. The molecule has 1 amide bonds. The highest BCUT2D eigenvalue weighted by molar-refractivity contribution is 6.11. The smallest absolute Gasteiger partial charge is 0.260 e. The van der Waals surface area contributed by atoms with Gasteiger partial charge in [0.2, 0.25) is 0 Å². The van der Waals surface area contributed by atoms with Crippen molar-refractivity contribution in [3.63, 3.8) is 0 Å². The summed E-state index contributed by atoms with van der Waals surface area (Å²) in [6, 6.07) is 15.4. The number of anilines is 1. The highest BCUT2D eigenvalue weighted by Crippen LogP contribution is 2.40. The van der Waals surface area contributed by atoms with Crippen molar-refractivity contribution in [2.75, 3.05) is 5.32 Å². The molecule has 0 fully saturated rings. The summed E-state index contributed by atoms with van der Waals surface area (Å²) < 4.78 is 1.27. The Kier molecular flexibility index (Phi) is 5.59.